The lowest BCUT2D eigenvalue weighted by Crippen LogP contribution is -2.65. The molecule has 0 spiro atoms. The number of likely N-dealkylation sites (N-methyl/N-ethyl adjacent to an activating group) is 1. The van der Waals surface area contributed by atoms with Crippen LogP contribution in [0.2, 0.25) is 0 Å². The van der Waals surface area contributed by atoms with E-state index in [-0.39, 0.29) is 19.1 Å². The van der Waals surface area contributed by atoms with Crippen molar-refractivity contribution in [1.29, 1.82) is 0 Å². The molecule has 3 saturated heterocycles. The first-order valence-electron chi connectivity index (χ1n) is 8.68. The summed E-state index contributed by atoms with van der Waals surface area (Å²) < 4.78 is 5.33. The summed E-state index contributed by atoms with van der Waals surface area (Å²) in [7, 11) is 1.63. The molecular formula is C15H26N6O4. The quantitative estimate of drug-likeness (QED) is 0.466. The molecule has 0 saturated carbocycles. The third-order valence-electron chi connectivity index (χ3n) is 4.76. The number of hydrogen-bond acceptors (Lipinski definition) is 6. The number of nitrogens with one attached hydrogen (secondary N) is 2. The van der Waals surface area contributed by atoms with Crippen LogP contribution in [0.5, 0.6) is 0 Å². The number of carbonyl (C=O) groups is 2. The molecule has 3 fully saturated rings. The fourth-order valence-electron chi connectivity index (χ4n) is 3.38. The largest absolute Gasteiger partial charge is 0.395 e. The van der Waals surface area contributed by atoms with Gasteiger partial charge in [0.25, 0.3) is 5.91 Å². The third kappa shape index (κ3) is 3.86. The summed E-state index contributed by atoms with van der Waals surface area (Å²) in [6.07, 6.45) is 0.430. The minimum absolute atomic E-state index is 0.0946. The van der Waals surface area contributed by atoms with E-state index in [1.165, 1.54) is 4.90 Å². The van der Waals surface area contributed by atoms with Crippen molar-refractivity contribution in [3.63, 3.8) is 0 Å². The Labute approximate surface area is 146 Å². The van der Waals surface area contributed by atoms with Crippen LogP contribution in [-0.2, 0) is 9.53 Å². The van der Waals surface area contributed by atoms with Crippen LogP contribution in [0.1, 0.15) is 6.42 Å². The molecule has 3 rings (SSSR count). The van der Waals surface area contributed by atoms with Crippen molar-refractivity contribution in [1.82, 2.24) is 25.3 Å². The molecule has 2 unspecified atom stereocenters. The van der Waals surface area contributed by atoms with Gasteiger partial charge in [-0.05, 0) is 6.42 Å². The average molecular weight is 354 g/mol. The van der Waals surface area contributed by atoms with Crippen molar-refractivity contribution in [3.8, 4) is 0 Å². The van der Waals surface area contributed by atoms with Gasteiger partial charge in [-0.2, -0.15) is 0 Å². The van der Waals surface area contributed by atoms with Crippen LogP contribution < -0.4 is 10.6 Å². The van der Waals surface area contributed by atoms with Crippen molar-refractivity contribution < 1.29 is 19.4 Å². The number of β-amino-alcohol motifs (C(OH)–C–C–N with tert-alkyl or cyclic N) is 1. The van der Waals surface area contributed by atoms with Gasteiger partial charge in [0.15, 0.2) is 12.0 Å². The van der Waals surface area contributed by atoms with Gasteiger partial charge in [-0.3, -0.25) is 20.0 Å². The first-order chi connectivity index (χ1) is 12.1. The predicted octanol–water partition coefficient (Wildman–Crippen LogP) is -2.16. The second kappa shape index (κ2) is 7.98. The monoisotopic (exact) mass is 354 g/mol. The van der Waals surface area contributed by atoms with Gasteiger partial charge in [0.2, 0.25) is 0 Å². The molecule has 3 N–H and O–H groups in total. The van der Waals surface area contributed by atoms with Gasteiger partial charge in [0, 0.05) is 39.8 Å². The van der Waals surface area contributed by atoms with Crippen molar-refractivity contribution in [2.75, 3.05) is 59.6 Å². The van der Waals surface area contributed by atoms with Crippen molar-refractivity contribution in [2.24, 2.45) is 4.99 Å². The number of urea groups is 1. The maximum absolute atomic E-state index is 12.2. The Bertz CT molecular complexity index is 536. The molecule has 0 aliphatic carbocycles. The van der Waals surface area contributed by atoms with E-state index >= 15 is 0 Å². The maximum atomic E-state index is 12.2. The zero-order valence-electron chi connectivity index (χ0n) is 14.5. The van der Waals surface area contributed by atoms with E-state index in [0.29, 0.717) is 12.5 Å². The summed E-state index contributed by atoms with van der Waals surface area (Å²) in [4.78, 5) is 34.1. The smallest absolute Gasteiger partial charge is 0.325 e. The predicted molar refractivity (Wildman–Crippen MR) is 90.0 cm³/mol. The molecule has 3 heterocycles. The molecule has 0 aromatic rings. The molecule has 0 bridgehead atoms. The average Bonchev–Trinajstić information content (AvgIpc) is 2.97. The molecule has 0 aromatic carbocycles. The number of aliphatic hydroxyl groups excluding tert-OH is 1. The molecular weight excluding hydrogens is 328 g/mol. The second-order valence-corrected chi connectivity index (χ2v) is 6.37. The number of rotatable bonds is 6. The zero-order chi connectivity index (χ0) is 17.8. The number of aliphatic hydroxyl groups is 1. The molecule has 140 valence electrons. The minimum Gasteiger partial charge on any atom is -0.395 e. The molecule has 10 heteroatoms. The Hall–Kier alpha value is -1.91. The van der Waals surface area contributed by atoms with Gasteiger partial charge in [-0.1, -0.05) is 0 Å². The van der Waals surface area contributed by atoms with Crippen LogP contribution in [0, 0.1) is 0 Å². The molecule has 3 amide bonds. The van der Waals surface area contributed by atoms with Crippen LogP contribution in [0.3, 0.4) is 0 Å². The minimum atomic E-state index is -0.576. The standard InChI is InChI=1S/C15H26N6O4/c1-19-12-11(13(23)18-15(19)24)21(5-8-22)14(17-12)16-3-2-4-20-6-9-25-10-7-20/h11-12,22H,2-10H2,1H3,(H,16,17)(H,18,23,24). The summed E-state index contributed by atoms with van der Waals surface area (Å²) >= 11 is 0. The molecule has 3 aliphatic rings. The number of amides is 3. The first kappa shape index (κ1) is 17.9. The summed E-state index contributed by atoms with van der Waals surface area (Å²) in [5, 5.41) is 14.8. The Morgan fingerprint density at radius 1 is 1.28 bits per heavy atom. The van der Waals surface area contributed by atoms with Gasteiger partial charge in [-0.15, -0.1) is 0 Å². The Morgan fingerprint density at radius 3 is 2.76 bits per heavy atom. The van der Waals surface area contributed by atoms with Crippen LogP contribution in [0.4, 0.5) is 4.79 Å². The van der Waals surface area contributed by atoms with Crippen molar-refractivity contribution >= 4 is 17.9 Å². The van der Waals surface area contributed by atoms with Gasteiger partial charge >= 0.3 is 6.03 Å². The highest BCUT2D eigenvalue weighted by atomic mass is 16.5. The first-order valence-corrected chi connectivity index (χ1v) is 8.68. The number of guanidine groups is 1. The maximum Gasteiger partial charge on any atom is 0.325 e. The van der Waals surface area contributed by atoms with E-state index < -0.39 is 18.2 Å². The molecule has 25 heavy (non-hydrogen) atoms. The number of imide groups is 1. The molecule has 2 atom stereocenters. The van der Waals surface area contributed by atoms with E-state index in [2.05, 4.69) is 20.5 Å². The topological polar surface area (TPSA) is 110 Å². The highest BCUT2D eigenvalue weighted by Crippen LogP contribution is 2.20. The summed E-state index contributed by atoms with van der Waals surface area (Å²) in [5.41, 5.74) is 0. The van der Waals surface area contributed by atoms with Crippen LogP contribution in [-0.4, -0.2) is 110 Å². The highest BCUT2D eigenvalue weighted by Gasteiger charge is 2.49. The molecule has 0 aromatic heterocycles. The fraction of sp³-hybridized carbons (Fsp3) is 0.800. The lowest BCUT2D eigenvalue weighted by atomic mass is 10.1. The summed E-state index contributed by atoms with van der Waals surface area (Å²) in [5.74, 6) is 0.190. The van der Waals surface area contributed by atoms with Crippen molar-refractivity contribution in [3.05, 3.63) is 0 Å². The normalized spacial score (nSPS) is 29.0. The van der Waals surface area contributed by atoms with E-state index in [1.807, 2.05) is 0 Å². The van der Waals surface area contributed by atoms with Gasteiger partial charge in [-0.25, -0.2) is 4.79 Å². The van der Waals surface area contributed by atoms with E-state index in [4.69, 9.17) is 4.74 Å². The van der Waals surface area contributed by atoms with Gasteiger partial charge < -0.3 is 25.0 Å². The van der Waals surface area contributed by atoms with E-state index in [9.17, 15) is 14.7 Å². The van der Waals surface area contributed by atoms with Crippen molar-refractivity contribution in [2.45, 2.75) is 18.6 Å². The van der Waals surface area contributed by atoms with E-state index in [0.717, 1.165) is 39.3 Å². The lowest BCUT2D eigenvalue weighted by molar-refractivity contribution is -0.127. The number of ether oxygens (including phenoxy) is 1. The highest BCUT2D eigenvalue weighted by molar-refractivity contribution is 6.04. The van der Waals surface area contributed by atoms with Gasteiger partial charge in [0.1, 0.15) is 6.17 Å². The molecule has 0 radical (unpaired) electrons. The Balaban J connectivity index is 1.61. The zero-order valence-corrected chi connectivity index (χ0v) is 14.5. The van der Waals surface area contributed by atoms with E-state index in [1.54, 1.807) is 11.9 Å². The number of hydrogen-bond donors (Lipinski definition) is 3. The third-order valence-corrected chi connectivity index (χ3v) is 4.76. The number of nitrogens with zero attached hydrogens (tertiary/aromatic N) is 4. The SMILES string of the molecule is CN1C(=O)NC(=O)C2C1NC(=NCCCN1CCOCC1)N2CCO. The van der Waals surface area contributed by atoms with Crippen LogP contribution in [0.25, 0.3) is 0 Å². The summed E-state index contributed by atoms with van der Waals surface area (Å²) in [6, 6.07) is -1.01. The van der Waals surface area contributed by atoms with Gasteiger partial charge in [0.05, 0.1) is 19.8 Å². The van der Waals surface area contributed by atoms with Crippen LogP contribution >= 0.6 is 0 Å². The Morgan fingerprint density at radius 2 is 2.04 bits per heavy atom. The second-order valence-electron chi connectivity index (χ2n) is 6.37. The number of aliphatic imine (C=N–C) groups is 1. The molecule has 3 aliphatic heterocycles. The number of fused-ring (bicyclic) bond motifs is 1. The number of morpholine rings is 1. The lowest BCUT2D eigenvalue weighted by Gasteiger charge is -2.35. The summed E-state index contributed by atoms with van der Waals surface area (Å²) in [6.45, 7) is 5.20. The fourth-order valence-corrected chi connectivity index (χ4v) is 3.38. The number of carbonyl (C=O) groups excluding carboxylic acids is 2. The Kier molecular flexibility index (Phi) is 5.71. The van der Waals surface area contributed by atoms with Crippen LogP contribution in [0.15, 0.2) is 4.99 Å². The molecule has 10 nitrogen and oxygen atoms in total.